The molecule has 0 aliphatic heterocycles. The van der Waals surface area contributed by atoms with Crippen molar-refractivity contribution in [2.24, 2.45) is 4.99 Å². The van der Waals surface area contributed by atoms with Crippen LogP contribution in [-0.4, -0.2) is 48.2 Å². The lowest BCUT2D eigenvalue weighted by atomic mass is 10.1. The zero-order valence-corrected chi connectivity index (χ0v) is 15.4. The van der Waals surface area contributed by atoms with Crippen LogP contribution in [0.25, 0.3) is 0 Å². The first-order valence-corrected chi connectivity index (χ1v) is 9.67. The van der Waals surface area contributed by atoms with Gasteiger partial charge in [-0.1, -0.05) is 24.3 Å². The van der Waals surface area contributed by atoms with Crippen molar-refractivity contribution in [3.8, 4) is 0 Å². The Morgan fingerprint density at radius 2 is 1.83 bits per heavy atom. The van der Waals surface area contributed by atoms with Gasteiger partial charge in [0.25, 0.3) is 0 Å². The van der Waals surface area contributed by atoms with Crippen LogP contribution >= 0.6 is 0 Å². The Morgan fingerprint density at radius 1 is 1.17 bits per heavy atom. The molecule has 0 spiro atoms. The van der Waals surface area contributed by atoms with Crippen molar-refractivity contribution in [3.05, 3.63) is 35.4 Å². The van der Waals surface area contributed by atoms with Gasteiger partial charge in [0.2, 0.25) is 10.0 Å². The second-order valence-corrected chi connectivity index (χ2v) is 7.11. The van der Waals surface area contributed by atoms with Gasteiger partial charge in [-0.2, -0.15) is 0 Å². The van der Waals surface area contributed by atoms with Crippen LogP contribution in [0.1, 0.15) is 24.5 Å². The maximum atomic E-state index is 11.5. The van der Waals surface area contributed by atoms with Crippen LogP contribution in [0.15, 0.2) is 29.3 Å². The minimum atomic E-state index is -3.24. The molecule has 0 bridgehead atoms. The van der Waals surface area contributed by atoms with Crippen LogP contribution in [0, 0.1) is 0 Å². The van der Waals surface area contributed by atoms with E-state index in [2.05, 4.69) is 20.3 Å². The lowest BCUT2D eigenvalue weighted by Crippen LogP contribution is -2.37. The molecule has 3 N–H and O–H groups in total. The van der Waals surface area contributed by atoms with Crippen molar-refractivity contribution in [2.75, 3.05) is 33.9 Å². The molecular weight excluding hydrogens is 328 g/mol. The summed E-state index contributed by atoms with van der Waals surface area (Å²) in [6, 6.07) is 7.47. The number of ether oxygens (including phenoxy) is 1. The van der Waals surface area contributed by atoms with Gasteiger partial charge in [0, 0.05) is 33.4 Å². The minimum absolute atomic E-state index is 0.0136. The SMILES string of the molecule is CCOCCCNC(=NC)NCc1ccc(CS(=O)(=O)NC)cc1. The summed E-state index contributed by atoms with van der Waals surface area (Å²) in [7, 11) is -0.0941. The Hall–Kier alpha value is -1.64. The van der Waals surface area contributed by atoms with E-state index in [1.165, 1.54) is 7.05 Å². The second kappa shape index (κ2) is 11.0. The van der Waals surface area contributed by atoms with Crippen LogP contribution in [0.4, 0.5) is 0 Å². The van der Waals surface area contributed by atoms with Crippen molar-refractivity contribution in [1.29, 1.82) is 0 Å². The first-order chi connectivity index (χ1) is 11.5. The predicted octanol–water partition coefficient (Wildman–Crippen LogP) is 0.827. The van der Waals surface area contributed by atoms with Gasteiger partial charge in [-0.3, -0.25) is 4.99 Å². The average Bonchev–Trinajstić information content (AvgIpc) is 2.58. The number of hydrogen-bond acceptors (Lipinski definition) is 4. The van der Waals surface area contributed by atoms with Crippen molar-refractivity contribution in [1.82, 2.24) is 15.4 Å². The Morgan fingerprint density at radius 3 is 2.42 bits per heavy atom. The molecule has 1 rings (SSSR count). The van der Waals surface area contributed by atoms with Crippen LogP contribution in [0.3, 0.4) is 0 Å². The molecule has 0 unspecified atom stereocenters. The molecule has 1 aromatic rings. The maximum absolute atomic E-state index is 11.5. The van der Waals surface area contributed by atoms with Gasteiger partial charge < -0.3 is 15.4 Å². The van der Waals surface area contributed by atoms with Crippen molar-refractivity contribution >= 4 is 16.0 Å². The Kier molecular flexibility index (Phi) is 9.36. The van der Waals surface area contributed by atoms with E-state index in [0.29, 0.717) is 6.54 Å². The lowest BCUT2D eigenvalue weighted by molar-refractivity contribution is 0.145. The molecule has 0 fully saturated rings. The maximum Gasteiger partial charge on any atom is 0.215 e. The normalized spacial score (nSPS) is 12.2. The second-order valence-electron chi connectivity index (χ2n) is 5.18. The molecule has 136 valence electrons. The summed E-state index contributed by atoms with van der Waals surface area (Å²) in [6.07, 6.45) is 0.920. The third-order valence-electron chi connectivity index (χ3n) is 3.34. The van der Waals surface area contributed by atoms with Gasteiger partial charge >= 0.3 is 0 Å². The molecule has 1 aromatic carbocycles. The van der Waals surface area contributed by atoms with E-state index in [0.717, 1.165) is 43.3 Å². The van der Waals surface area contributed by atoms with Crippen molar-refractivity contribution < 1.29 is 13.2 Å². The van der Waals surface area contributed by atoms with Crippen molar-refractivity contribution in [3.63, 3.8) is 0 Å². The number of nitrogens with zero attached hydrogens (tertiary/aromatic N) is 1. The quantitative estimate of drug-likeness (QED) is 0.328. The Bertz CT molecular complexity index is 600. The zero-order chi connectivity index (χ0) is 17.8. The van der Waals surface area contributed by atoms with Gasteiger partial charge in [0.15, 0.2) is 5.96 Å². The Labute approximate surface area is 145 Å². The third kappa shape index (κ3) is 8.28. The Balaban J connectivity index is 2.40. The fraction of sp³-hybridized carbons (Fsp3) is 0.562. The molecule has 7 nitrogen and oxygen atoms in total. The molecule has 0 aromatic heterocycles. The number of guanidine groups is 1. The summed E-state index contributed by atoms with van der Waals surface area (Å²) >= 11 is 0. The van der Waals surface area contributed by atoms with Gasteiger partial charge in [0.1, 0.15) is 0 Å². The summed E-state index contributed by atoms with van der Waals surface area (Å²) in [5, 5.41) is 6.44. The summed E-state index contributed by atoms with van der Waals surface area (Å²) in [4.78, 5) is 4.16. The molecular formula is C16H28N4O3S. The summed E-state index contributed by atoms with van der Waals surface area (Å²) in [5.74, 6) is 0.716. The molecule has 0 saturated heterocycles. The highest BCUT2D eigenvalue weighted by Gasteiger charge is 2.08. The van der Waals surface area contributed by atoms with E-state index in [1.807, 2.05) is 31.2 Å². The van der Waals surface area contributed by atoms with Crippen LogP contribution < -0.4 is 15.4 Å². The number of hydrogen-bond donors (Lipinski definition) is 3. The molecule has 0 aliphatic carbocycles. The number of rotatable bonds is 10. The number of sulfonamides is 1. The van der Waals surface area contributed by atoms with Crippen LogP contribution in [-0.2, 0) is 27.1 Å². The van der Waals surface area contributed by atoms with Gasteiger partial charge in [0.05, 0.1) is 5.75 Å². The van der Waals surface area contributed by atoms with Crippen LogP contribution in [0.2, 0.25) is 0 Å². The fourth-order valence-electron chi connectivity index (χ4n) is 1.98. The summed E-state index contributed by atoms with van der Waals surface area (Å²) in [5.41, 5.74) is 1.81. The molecule has 0 amide bonds. The van der Waals surface area contributed by atoms with E-state index in [1.54, 1.807) is 7.05 Å². The first kappa shape index (κ1) is 20.4. The van der Waals surface area contributed by atoms with E-state index in [-0.39, 0.29) is 5.75 Å². The van der Waals surface area contributed by atoms with Gasteiger partial charge in [-0.15, -0.1) is 0 Å². The highest BCUT2D eigenvalue weighted by atomic mass is 32.2. The number of benzene rings is 1. The van der Waals surface area contributed by atoms with Crippen LogP contribution in [0.5, 0.6) is 0 Å². The first-order valence-electron chi connectivity index (χ1n) is 8.02. The molecule has 0 radical (unpaired) electrons. The van der Waals surface area contributed by atoms with Gasteiger partial charge in [-0.05, 0) is 31.5 Å². The molecule has 0 aliphatic rings. The predicted molar refractivity (Wildman–Crippen MR) is 97.4 cm³/mol. The smallest absolute Gasteiger partial charge is 0.215 e. The van der Waals surface area contributed by atoms with Gasteiger partial charge in [-0.25, -0.2) is 13.1 Å². The topological polar surface area (TPSA) is 91.8 Å². The largest absolute Gasteiger partial charge is 0.382 e. The lowest BCUT2D eigenvalue weighted by Gasteiger charge is -2.12. The summed E-state index contributed by atoms with van der Waals surface area (Å²) < 4.78 is 30.6. The highest BCUT2D eigenvalue weighted by molar-refractivity contribution is 7.88. The molecule has 0 atom stereocenters. The zero-order valence-electron chi connectivity index (χ0n) is 14.6. The van der Waals surface area contributed by atoms with E-state index in [4.69, 9.17) is 4.74 Å². The van der Waals surface area contributed by atoms with E-state index in [9.17, 15) is 8.42 Å². The fourth-order valence-corrected chi connectivity index (χ4v) is 2.75. The minimum Gasteiger partial charge on any atom is -0.382 e. The monoisotopic (exact) mass is 356 g/mol. The van der Waals surface area contributed by atoms with E-state index >= 15 is 0 Å². The summed E-state index contributed by atoms with van der Waals surface area (Å²) in [6.45, 7) is 4.86. The molecule has 24 heavy (non-hydrogen) atoms. The highest BCUT2D eigenvalue weighted by Crippen LogP contribution is 2.07. The third-order valence-corrected chi connectivity index (χ3v) is 4.67. The molecule has 0 saturated carbocycles. The molecule has 0 heterocycles. The van der Waals surface area contributed by atoms with Crippen molar-refractivity contribution in [2.45, 2.75) is 25.6 Å². The number of aliphatic imine (C=N–C) groups is 1. The van der Waals surface area contributed by atoms with E-state index < -0.39 is 10.0 Å². The standard InChI is InChI=1S/C16H28N4O3S/c1-4-23-11-5-10-19-16(17-2)20-12-14-6-8-15(9-7-14)13-24(21,22)18-3/h6-9,18H,4-5,10-13H2,1-3H3,(H2,17,19,20). The number of nitrogens with one attached hydrogen (secondary N) is 3. The molecule has 8 heteroatoms. The average molecular weight is 356 g/mol.